The predicted molar refractivity (Wildman–Crippen MR) is 84.9 cm³/mol. The molecular formula is C17H24N2O3. The van der Waals surface area contributed by atoms with Crippen LogP contribution in [0.15, 0.2) is 24.3 Å². The molecule has 5 nitrogen and oxygen atoms in total. The smallest absolute Gasteiger partial charge is 0.254 e. The molecule has 0 saturated carbocycles. The number of likely N-dealkylation sites (N-methyl/N-ethyl adjacent to an activating group) is 1. The van der Waals surface area contributed by atoms with Crippen molar-refractivity contribution in [2.45, 2.75) is 32.0 Å². The van der Waals surface area contributed by atoms with Crippen molar-refractivity contribution >= 4 is 11.6 Å². The van der Waals surface area contributed by atoms with Crippen LogP contribution in [0.4, 0.5) is 5.69 Å². The number of rotatable bonds is 2. The average molecular weight is 304 g/mol. The monoisotopic (exact) mass is 304 g/mol. The molecule has 5 heteroatoms. The van der Waals surface area contributed by atoms with Crippen molar-refractivity contribution in [2.24, 2.45) is 0 Å². The molecule has 0 spiro atoms. The Hall–Kier alpha value is -1.59. The largest absolute Gasteiger partial charge is 0.376 e. The van der Waals surface area contributed by atoms with Crippen LogP contribution in [0.1, 0.15) is 18.9 Å². The molecule has 0 aromatic heterocycles. The minimum absolute atomic E-state index is 0.0525. The first kappa shape index (κ1) is 15.3. The fraction of sp³-hybridized carbons (Fsp3) is 0.588. The van der Waals surface area contributed by atoms with Gasteiger partial charge in [-0.3, -0.25) is 4.79 Å². The Kier molecular flexibility index (Phi) is 4.64. The number of nitrogens with zero attached hydrogens (tertiary/aromatic N) is 2. The molecule has 0 aliphatic carbocycles. The summed E-state index contributed by atoms with van der Waals surface area (Å²) in [5.74, 6) is 0.0525. The molecule has 1 amide bonds. The molecule has 0 unspecified atom stereocenters. The second kappa shape index (κ2) is 6.67. The molecule has 3 rings (SSSR count). The van der Waals surface area contributed by atoms with Crippen LogP contribution in [0.3, 0.4) is 0 Å². The van der Waals surface area contributed by atoms with E-state index >= 15 is 0 Å². The van der Waals surface area contributed by atoms with Gasteiger partial charge in [-0.15, -0.1) is 0 Å². The molecule has 0 bridgehead atoms. The number of ether oxygens (including phenoxy) is 2. The van der Waals surface area contributed by atoms with E-state index in [2.05, 4.69) is 31.0 Å². The fourth-order valence-electron chi connectivity index (χ4n) is 3.27. The van der Waals surface area contributed by atoms with Crippen LogP contribution in [0.2, 0.25) is 0 Å². The van der Waals surface area contributed by atoms with Crippen molar-refractivity contribution in [3.05, 3.63) is 29.8 Å². The molecule has 1 fully saturated rings. The number of hydrogen-bond acceptors (Lipinski definition) is 4. The zero-order chi connectivity index (χ0) is 15.5. The standard InChI is InChI=1S/C17H24N2O3/c1-3-14-11-18(2)15-7-5-4-6-13(15)10-19(14)17(20)16-12-21-8-9-22-16/h4-7,14,16H,3,8-12H2,1-2H3/t14-,16-/m1/s1. The maximum atomic E-state index is 12.9. The van der Waals surface area contributed by atoms with Crippen LogP contribution < -0.4 is 4.90 Å². The molecule has 2 heterocycles. The van der Waals surface area contributed by atoms with Crippen molar-refractivity contribution in [3.8, 4) is 0 Å². The summed E-state index contributed by atoms with van der Waals surface area (Å²) in [5, 5.41) is 0. The van der Waals surface area contributed by atoms with Gasteiger partial charge in [-0.2, -0.15) is 0 Å². The van der Waals surface area contributed by atoms with Gasteiger partial charge in [0, 0.05) is 31.9 Å². The maximum absolute atomic E-state index is 12.9. The first-order chi connectivity index (χ1) is 10.7. The second-order valence-corrected chi connectivity index (χ2v) is 5.97. The van der Waals surface area contributed by atoms with Gasteiger partial charge in [0.1, 0.15) is 0 Å². The van der Waals surface area contributed by atoms with Crippen molar-refractivity contribution in [1.82, 2.24) is 4.90 Å². The number of para-hydroxylation sites is 1. The quantitative estimate of drug-likeness (QED) is 0.833. The minimum atomic E-state index is -0.460. The zero-order valence-electron chi connectivity index (χ0n) is 13.3. The van der Waals surface area contributed by atoms with E-state index < -0.39 is 6.10 Å². The Bertz CT molecular complexity index is 528. The first-order valence-corrected chi connectivity index (χ1v) is 7.99. The van der Waals surface area contributed by atoms with Crippen molar-refractivity contribution in [1.29, 1.82) is 0 Å². The summed E-state index contributed by atoms with van der Waals surface area (Å²) in [6.07, 6.45) is 0.468. The predicted octanol–water partition coefficient (Wildman–Crippen LogP) is 1.66. The van der Waals surface area contributed by atoms with E-state index in [0.717, 1.165) is 13.0 Å². The number of hydrogen-bond donors (Lipinski definition) is 0. The summed E-state index contributed by atoms with van der Waals surface area (Å²) in [4.78, 5) is 17.1. The molecule has 1 aromatic rings. The summed E-state index contributed by atoms with van der Waals surface area (Å²) in [5.41, 5.74) is 2.39. The summed E-state index contributed by atoms with van der Waals surface area (Å²) in [6, 6.07) is 8.49. The van der Waals surface area contributed by atoms with Gasteiger partial charge in [0.15, 0.2) is 6.10 Å². The molecule has 2 aliphatic heterocycles. The van der Waals surface area contributed by atoms with Crippen LogP contribution in [0, 0.1) is 0 Å². The van der Waals surface area contributed by atoms with Gasteiger partial charge in [-0.05, 0) is 18.1 Å². The summed E-state index contributed by atoms with van der Waals surface area (Å²) >= 11 is 0. The Morgan fingerprint density at radius 3 is 2.86 bits per heavy atom. The van der Waals surface area contributed by atoms with Crippen LogP contribution in [-0.4, -0.2) is 56.4 Å². The van der Waals surface area contributed by atoms with Gasteiger partial charge in [-0.25, -0.2) is 0 Å². The molecule has 22 heavy (non-hydrogen) atoms. The molecule has 2 atom stereocenters. The topological polar surface area (TPSA) is 42.0 Å². The highest BCUT2D eigenvalue weighted by atomic mass is 16.6. The highest BCUT2D eigenvalue weighted by Crippen LogP contribution is 2.27. The van der Waals surface area contributed by atoms with Gasteiger partial charge in [-0.1, -0.05) is 25.1 Å². The van der Waals surface area contributed by atoms with Gasteiger partial charge in [0.05, 0.1) is 19.8 Å². The highest BCUT2D eigenvalue weighted by Gasteiger charge is 2.34. The van der Waals surface area contributed by atoms with Crippen LogP contribution in [0.25, 0.3) is 0 Å². The van der Waals surface area contributed by atoms with Gasteiger partial charge >= 0.3 is 0 Å². The number of benzene rings is 1. The van der Waals surface area contributed by atoms with Crippen molar-refractivity contribution < 1.29 is 14.3 Å². The zero-order valence-corrected chi connectivity index (χ0v) is 13.3. The normalized spacial score (nSPS) is 25.5. The van der Waals surface area contributed by atoms with Crippen LogP contribution >= 0.6 is 0 Å². The second-order valence-electron chi connectivity index (χ2n) is 5.97. The Labute approximate surface area is 131 Å². The summed E-state index contributed by atoms with van der Waals surface area (Å²) < 4.78 is 11.0. The molecule has 0 radical (unpaired) electrons. The summed E-state index contributed by atoms with van der Waals surface area (Å²) in [7, 11) is 2.09. The lowest BCUT2D eigenvalue weighted by molar-refractivity contribution is -0.160. The van der Waals surface area contributed by atoms with Crippen LogP contribution in [-0.2, 0) is 20.8 Å². The number of fused-ring (bicyclic) bond motifs is 1. The minimum Gasteiger partial charge on any atom is -0.376 e. The molecule has 1 aromatic carbocycles. The van der Waals surface area contributed by atoms with E-state index in [0.29, 0.717) is 26.4 Å². The molecule has 120 valence electrons. The molecule has 0 N–H and O–H groups in total. The number of carbonyl (C=O) groups is 1. The van der Waals surface area contributed by atoms with E-state index in [4.69, 9.17) is 9.47 Å². The summed E-state index contributed by atoms with van der Waals surface area (Å²) in [6.45, 7) is 5.05. The first-order valence-electron chi connectivity index (χ1n) is 7.99. The van der Waals surface area contributed by atoms with Crippen LogP contribution in [0.5, 0.6) is 0 Å². The third-order valence-electron chi connectivity index (χ3n) is 4.51. The van der Waals surface area contributed by atoms with Gasteiger partial charge < -0.3 is 19.3 Å². The highest BCUT2D eigenvalue weighted by molar-refractivity contribution is 5.82. The third-order valence-corrected chi connectivity index (χ3v) is 4.51. The Balaban J connectivity index is 1.86. The van der Waals surface area contributed by atoms with Gasteiger partial charge in [0.2, 0.25) is 0 Å². The van der Waals surface area contributed by atoms with Crippen molar-refractivity contribution in [2.75, 3.05) is 38.3 Å². The number of carbonyl (C=O) groups excluding carboxylic acids is 1. The lowest BCUT2D eigenvalue weighted by atomic mass is 10.1. The third kappa shape index (κ3) is 2.96. The average Bonchev–Trinajstić information content (AvgIpc) is 2.72. The molecular weight excluding hydrogens is 280 g/mol. The van der Waals surface area contributed by atoms with E-state index in [1.165, 1.54) is 11.3 Å². The Morgan fingerprint density at radius 1 is 1.32 bits per heavy atom. The SMILES string of the molecule is CC[C@@H]1CN(C)c2ccccc2CN1C(=O)[C@H]1COCCO1. The lowest BCUT2D eigenvalue weighted by Crippen LogP contribution is -2.50. The van der Waals surface area contributed by atoms with E-state index in [9.17, 15) is 4.79 Å². The fourth-order valence-corrected chi connectivity index (χ4v) is 3.27. The number of anilines is 1. The maximum Gasteiger partial charge on any atom is 0.254 e. The Morgan fingerprint density at radius 2 is 2.14 bits per heavy atom. The van der Waals surface area contributed by atoms with E-state index in [-0.39, 0.29) is 11.9 Å². The number of amides is 1. The lowest BCUT2D eigenvalue weighted by Gasteiger charge is -2.34. The van der Waals surface area contributed by atoms with E-state index in [1.54, 1.807) is 0 Å². The van der Waals surface area contributed by atoms with E-state index in [1.807, 2.05) is 17.0 Å². The van der Waals surface area contributed by atoms with Crippen molar-refractivity contribution in [3.63, 3.8) is 0 Å². The molecule has 2 aliphatic rings. The van der Waals surface area contributed by atoms with Gasteiger partial charge in [0.25, 0.3) is 5.91 Å². The molecule has 1 saturated heterocycles.